The van der Waals surface area contributed by atoms with Gasteiger partial charge in [0, 0.05) is 11.3 Å². The zero-order valence-electron chi connectivity index (χ0n) is 17.5. The number of ether oxygens (including phenoxy) is 1. The van der Waals surface area contributed by atoms with Gasteiger partial charge in [-0.3, -0.25) is 9.59 Å². The highest BCUT2D eigenvalue weighted by Crippen LogP contribution is 2.31. The van der Waals surface area contributed by atoms with Gasteiger partial charge >= 0.3 is 5.97 Å². The van der Waals surface area contributed by atoms with E-state index in [1.165, 1.54) is 0 Å². The Bertz CT molecular complexity index is 1090. The van der Waals surface area contributed by atoms with E-state index in [4.69, 9.17) is 4.74 Å². The van der Waals surface area contributed by atoms with Gasteiger partial charge in [0.05, 0.1) is 19.1 Å². The van der Waals surface area contributed by atoms with Crippen molar-refractivity contribution in [2.45, 2.75) is 19.9 Å². The zero-order valence-corrected chi connectivity index (χ0v) is 17.5. The second-order valence-corrected chi connectivity index (χ2v) is 7.51. The Hall–Kier alpha value is -3.66. The van der Waals surface area contributed by atoms with Crippen molar-refractivity contribution in [3.63, 3.8) is 0 Å². The topological polar surface area (TPSA) is 46.6 Å². The fourth-order valence-electron chi connectivity index (χ4n) is 3.92. The first-order valence-electron chi connectivity index (χ1n) is 10.5. The summed E-state index contributed by atoms with van der Waals surface area (Å²) in [6, 6.07) is 27.2. The molecular weight excluding hydrogens is 386 g/mol. The van der Waals surface area contributed by atoms with Crippen LogP contribution in [-0.4, -0.2) is 23.4 Å². The number of benzene rings is 3. The van der Waals surface area contributed by atoms with E-state index in [1.807, 2.05) is 97.9 Å². The maximum atomic E-state index is 13.7. The lowest BCUT2D eigenvalue weighted by molar-refractivity contribution is -0.146. The molecule has 0 saturated heterocycles. The lowest BCUT2D eigenvalue weighted by atomic mass is 9.90. The van der Waals surface area contributed by atoms with E-state index >= 15 is 0 Å². The van der Waals surface area contributed by atoms with Crippen molar-refractivity contribution in [1.29, 1.82) is 0 Å². The van der Waals surface area contributed by atoms with Gasteiger partial charge in [0.25, 0.3) is 5.91 Å². The molecule has 0 spiro atoms. The van der Waals surface area contributed by atoms with Crippen molar-refractivity contribution in [2.24, 2.45) is 5.92 Å². The van der Waals surface area contributed by atoms with Crippen molar-refractivity contribution in [3.8, 4) is 0 Å². The molecule has 4 heteroatoms. The fraction of sp³-hybridized carbons (Fsp3) is 0.185. The van der Waals surface area contributed by atoms with Crippen LogP contribution in [0.5, 0.6) is 0 Å². The van der Waals surface area contributed by atoms with Gasteiger partial charge in [-0.1, -0.05) is 78.9 Å². The van der Waals surface area contributed by atoms with Gasteiger partial charge in [-0.25, -0.2) is 0 Å². The van der Waals surface area contributed by atoms with Crippen LogP contribution in [0.15, 0.2) is 91.0 Å². The number of rotatable bonds is 5. The van der Waals surface area contributed by atoms with Crippen molar-refractivity contribution < 1.29 is 14.3 Å². The summed E-state index contributed by atoms with van der Waals surface area (Å²) >= 11 is 0. The van der Waals surface area contributed by atoms with Crippen LogP contribution in [0, 0.1) is 5.92 Å². The molecule has 1 atom stereocenters. The normalized spacial score (nSPS) is 17.7. The number of nitrogens with zero attached hydrogens (tertiary/aromatic N) is 1. The van der Waals surface area contributed by atoms with Crippen molar-refractivity contribution in [1.82, 2.24) is 4.90 Å². The van der Waals surface area contributed by atoms with Crippen LogP contribution >= 0.6 is 0 Å². The standard InChI is InChI=1S/C27H25NO3/c1-2-31-27(30)23-17-22-15-9-10-16-24(22)26(29)28(19-20-11-5-3-6-12-20)25(18-23)21-13-7-4-8-14-21/h3-16,18,23H,2,17,19H2,1H3/b25-18-. The van der Waals surface area contributed by atoms with E-state index in [1.54, 1.807) is 4.90 Å². The Morgan fingerprint density at radius 3 is 2.29 bits per heavy atom. The molecule has 0 saturated carbocycles. The molecule has 4 nitrogen and oxygen atoms in total. The van der Waals surface area contributed by atoms with Crippen LogP contribution in [0.4, 0.5) is 0 Å². The van der Waals surface area contributed by atoms with Gasteiger partial charge in [0.1, 0.15) is 0 Å². The van der Waals surface area contributed by atoms with Gasteiger partial charge in [-0.2, -0.15) is 0 Å². The summed E-state index contributed by atoms with van der Waals surface area (Å²) in [7, 11) is 0. The van der Waals surface area contributed by atoms with Gasteiger partial charge in [0.15, 0.2) is 0 Å². The molecule has 0 aliphatic carbocycles. The first-order valence-corrected chi connectivity index (χ1v) is 10.5. The van der Waals surface area contributed by atoms with E-state index in [9.17, 15) is 9.59 Å². The number of hydrogen-bond donors (Lipinski definition) is 0. The quantitative estimate of drug-likeness (QED) is 0.549. The van der Waals surface area contributed by atoms with Crippen molar-refractivity contribution in [2.75, 3.05) is 6.61 Å². The van der Waals surface area contributed by atoms with Crippen LogP contribution in [-0.2, 0) is 22.5 Å². The second kappa shape index (κ2) is 9.43. The fourth-order valence-corrected chi connectivity index (χ4v) is 3.92. The van der Waals surface area contributed by atoms with Gasteiger partial charge in [0.2, 0.25) is 0 Å². The lowest BCUT2D eigenvalue weighted by Gasteiger charge is -2.30. The molecular formula is C27H25NO3. The van der Waals surface area contributed by atoms with Crippen LogP contribution in [0.1, 0.15) is 34.0 Å². The van der Waals surface area contributed by atoms with Crippen molar-refractivity contribution in [3.05, 3.63) is 113 Å². The molecule has 31 heavy (non-hydrogen) atoms. The molecule has 156 valence electrons. The lowest BCUT2D eigenvalue weighted by Crippen LogP contribution is -2.33. The van der Waals surface area contributed by atoms with E-state index in [0.29, 0.717) is 25.1 Å². The summed E-state index contributed by atoms with van der Waals surface area (Å²) in [4.78, 5) is 28.3. The summed E-state index contributed by atoms with van der Waals surface area (Å²) in [6.45, 7) is 2.53. The monoisotopic (exact) mass is 411 g/mol. The summed E-state index contributed by atoms with van der Waals surface area (Å²) in [6.07, 6.45) is 2.32. The second-order valence-electron chi connectivity index (χ2n) is 7.51. The Morgan fingerprint density at radius 1 is 0.935 bits per heavy atom. The average molecular weight is 412 g/mol. The molecule has 1 aliphatic rings. The Kier molecular flexibility index (Phi) is 6.27. The number of fused-ring (bicyclic) bond motifs is 1. The number of hydrogen-bond acceptors (Lipinski definition) is 3. The summed E-state index contributed by atoms with van der Waals surface area (Å²) in [5.41, 5.74) is 4.10. The SMILES string of the molecule is CCOC(=O)C1/C=C(/c2ccccc2)N(Cc2ccccc2)C(=O)c2ccccc2C1. The van der Waals surface area contributed by atoms with E-state index < -0.39 is 5.92 Å². The zero-order chi connectivity index (χ0) is 21.6. The molecule has 0 fully saturated rings. The Labute approximate surface area is 182 Å². The first kappa shape index (κ1) is 20.6. The largest absolute Gasteiger partial charge is 0.466 e. The summed E-state index contributed by atoms with van der Waals surface area (Å²) in [5.74, 6) is -0.834. The van der Waals surface area contributed by atoms with Crippen LogP contribution in [0.25, 0.3) is 5.70 Å². The van der Waals surface area contributed by atoms with E-state index in [2.05, 4.69) is 0 Å². The van der Waals surface area contributed by atoms with Crippen LogP contribution in [0.2, 0.25) is 0 Å². The van der Waals surface area contributed by atoms with E-state index in [0.717, 1.165) is 22.4 Å². The third-order valence-electron chi connectivity index (χ3n) is 5.43. The molecule has 3 aromatic carbocycles. The third kappa shape index (κ3) is 4.58. The van der Waals surface area contributed by atoms with Crippen molar-refractivity contribution >= 4 is 17.6 Å². The minimum absolute atomic E-state index is 0.0723. The molecule has 1 heterocycles. The number of carbonyl (C=O) groups excluding carboxylic acids is 2. The van der Waals surface area contributed by atoms with Gasteiger partial charge < -0.3 is 9.64 Å². The molecule has 0 bridgehead atoms. The van der Waals surface area contributed by atoms with Gasteiger partial charge in [-0.15, -0.1) is 0 Å². The molecule has 1 unspecified atom stereocenters. The Balaban J connectivity index is 1.88. The summed E-state index contributed by atoms with van der Waals surface area (Å²) < 4.78 is 5.37. The molecule has 3 aromatic rings. The molecule has 4 rings (SSSR count). The number of esters is 1. The molecule has 0 radical (unpaired) electrons. The minimum Gasteiger partial charge on any atom is -0.466 e. The van der Waals surface area contributed by atoms with Crippen LogP contribution in [0.3, 0.4) is 0 Å². The highest BCUT2D eigenvalue weighted by Gasteiger charge is 2.30. The predicted octanol–water partition coefficient (Wildman–Crippen LogP) is 5.11. The molecule has 1 aliphatic heterocycles. The Morgan fingerprint density at radius 2 is 1.58 bits per heavy atom. The highest BCUT2D eigenvalue weighted by molar-refractivity contribution is 6.01. The number of amides is 1. The average Bonchev–Trinajstić information content (AvgIpc) is 2.81. The first-order chi connectivity index (χ1) is 15.2. The van der Waals surface area contributed by atoms with E-state index in [-0.39, 0.29) is 11.9 Å². The summed E-state index contributed by atoms with van der Waals surface area (Å²) in [5, 5.41) is 0. The molecule has 0 aromatic heterocycles. The third-order valence-corrected chi connectivity index (χ3v) is 5.43. The maximum Gasteiger partial charge on any atom is 0.313 e. The van der Waals surface area contributed by atoms with Gasteiger partial charge in [-0.05, 0) is 42.2 Å². The minimum atomic E-state index is -0.484. The smallest absolute Gasteiger partial charge is 0.313 e. The predicted molar refractivity (Wildman–Crippen MR) is 121 cm³/mol. The molecule has 1 amide bonds. The highest BCUT2D eigenvalue weighted by atomic mass is 16.5. The number of carbonyl (C=O) groups is 2. The molecule has 0 N–H and O–H groups in total. The van der Waals surface area contributed by atoms with Crippen LogP contribution < -0.4 is 0 Å². The maximum absolute atomic E-state index is 13.7.